The lowest BCUT2D eigenvalue weighted by Gasteiger charge is -2.17. The molecule has 1 unspecified atom stereocenters. The monoisotopic (exact) mass is 183 g/mol. The molecule has 0 amide bonds. The topological polar surface area (TPSA) is 50.1 Å². The summed E-state index contributed by atoms with van der Waals surface area (Å²) >= 11 is 0. The number of hydrogen-bond acceptors (Lipinski definition) is 3. The van der Waals surface area contributed by atoms with Crippen molar-refractivity contribution in [3.63, 3.8) is 0 Å². The van der Waals surface area contributed by atoms with E-state index in [1.54, 1.807) is 0 Å². The van der Waals surface area contributed by atoms with Gasteiger partial charge in [-0.3, -0.25) is 0 Å². The third kappa shape index (κ3) is 4.10. The first-order valence-electron chi connectivity index (χ1n) is 4.86. The summed E-state index contributed by atoms with van der Waals surface area (Å²) in [7, 11) is 1.92. The predicted octanol–water partition coefficient (Wildman–Crippen LogP) is 0.603. The molecule has 3 heteroatoms. The zero-order chi connectivity index (χ0) is 10.1. The van der Waals surface area contributed by atoms with E-state index in [0.29, 0.717) is 6.54 Å². The number of dihydropyridines is 1. The molecule has 0 aromatic carbocycles. The van der Waals surface area contributed by atoms with Crippen molar-refractivity contribution in [3.8, 4) is 0 Å². The largest absolute Gasteiger partial charge is 0.387 e. The van der Waals surface area contributed by atoms with Crippen LogP contribution in [-0.4, -0.2) is 26.2 Å². The highest BCUT2D eigenvalue weighted by atomic mass is 14.9. The van der Waals surface area contributed by atoms with E-state index < -0.39 is 0 Å². The average Bonchev–Trinajstić information content (AvgIpc) is 2.24. The second-order valence-electron chi connectivity index (χ2n) is 2.53. The first kappa shape index (κ1) is 12.2. The van der Waals surface area contributed by atoms with Crippen LogP contribution in [0.15, 0.2) is 23.9 Å². The smallest absolute Gasteiger partial charge is 0.0456 e. The van der Waals surface area contributed by atoms with Gasteiger partial charge in [0.25, 0.3) is 0 Å². The lowest BCUT2D eigenvalue weighted by atomic mass is 10.1. The second kappa shape index (κ2) is 7.83. The molecule has 0 saturated heterocycles. The third-order valence-electron chi connectivity index (χ3n) is 1.80. The summed E-state index contributed by atoms with van der Waals surface area (Å²) in [6.45, 7) is 5.55. The molecule has 13 heavy (non-hydrogen) atoms. The first-order chi connectivity index (χ1) is 6.38. The van der Waals surface area contributed by atoms with Crippen LogP contribution in [0.4, 0.5) is 0 Å². The Morgan fingerprint density at radius 1 is 1.62 bits per heavy atom. The van der Waals surface area contributed by atoms with E-state index in [1.807, 2.05) is 27.1 Å². The Hall–Kier alpha value is -0.800. The molecule has 0 aliphatic carbocycles. The SMILES string of the molecule is CC.CNC(CN)C1=CNCC=C1. The van der Waals surface area contributed by atoms with Crippen LogP contribution in [0, 0.1) is 0 Å². The fourth-order valence-electron chi connectivity index (χ4n) is 1.13. The first-order valence-corrected chi connectivity index (χ1v) is 4.86. The van der Waals surface area contributed by atoms with Crippen LogP contribution in [0.1, 0.15) is 13.8 Å². The van der Waals surface area contributed by atoms with Crippen LogP contribution in [0.25, 0.3) is 0 Å². The molecule has 0 saturated carbocycles. The van der Waals surface area contributed by atoms with Gasteiger partial charge in [-0.1, -0.05) is 26.0 Å². The van der Waals surface area contributed by atoms with Gasteiger partial charge in [0.1, 0.15) is 0 Å². The molecule has 3 nitrogen and oxygen atoms in total. The average molecular weight is 183 g/mol. The maximum absolute atomic E-state index is 5.55. The zero-order valence-corrected chi connectivity index (χ0v) is 8.80. The summed E-state index contributed by atoms with van der Waals surface area (Å²) in [4.78, 5) is 0. The van der Waals surface area contributed by atoms with E-state index in [4.69, 9.17) is 5.73 Å². The lowest BCUT2D eigenvalue weighted by Crippen LogP contribution is -2.36. The van der Waals surface area contributed by atoms with Gasteiger partial charge in [0.15, 0.2) is 0 Å². The molecule has 0 aromatic heterocycles. The van der Waals surface area contributed by atoms with Crippen LogP contribution in [0.2, 0.25) is 0 Å². The van der Waals surface area contributed by atoms with Gasteiger partial charge in [-0.05, 0) is 12.6 Å². The van der Waals surface area contributed by atoms with E-state index in [9.17, 15) is 0 Å². The van der Waals surface area contributed by atoms with Crippen LogP contribution in [-0.2, 0) is 0 Å². The van der Waals surface area contributed by atoms with Crippen LogP contribution in [0.3, 0.4) is 0 Å². The summed E-state index contributed by atoms with van der Waals surface area (Å²) in [5, 5.41) is 6.28. The van der Waals surface area contributed by atoms with Gasteiger partial charge in [-0.15, -0.1) is 0 Å². The van der Waals surface area contributed by atoms with Crippen molar-refractivity contribution in [1.29, 1.82) is 0 Å². The highest BCUT2D eigenvalue weighted by molar-refractivity contribution is 5.27. The van der Waals surface area contributed by atoms with Crippen molar-refractivity contribution in [2.75, 3.05) is 20.1 Å². The number of nitrogens with two attached hydrogens (primary N) is 1. The molecule has 0 radical (unpaired) electrons. The Morgan fingerprint density at radius 3 is 2.69 bits per heavy atom. The Kier molecular flexibility index (Phi) is 7.35. The number of likely N-dealkylation sites (N-methyl/N-ethyl adjacent to an activating group) is 1. The van der Waals surface area contributed by atoms with Gasteiger partial charge >= 0.3 is 0 Å². The highest BCUT2D eigenvalue weighted by Gasteiger charge is 2.07. The van der Waals surface area contributed by atoms with Crippen molar-refractivity contribution in [3.05, 3.63) is 23.9 Å². The maximum Gasteiger partial charge on any atom is 0.0456 e. The molecule has 0 spiro atoms. The molecule has 0 fully saturated rings. The van der Waals surface area contributed by atoms with E-state index in [2.05, 4.69) is 22.8 Å². The highest BCUT2D eigenvalue weighted by Crippen LogP contribution is 2.04. The van der Waals surface area contributed by atoms with Crippen molar-refractivity contribution < 1.29 is 0 Å². The zero-order valence-electron chi connectivity index (χ0n) is 8.80. The van der Waals surface area contributed by atoms with E-state index in [-0.39, 0.29) is 6.04 Å². The van der Waals surface area contributed by atoms with Gasteiger partial charge in [0, 0.05) is 25.3 Å². The molecule has 0 aromatic rings. The number of hydrogen-bond donors (Lipinski definition) is 3. The van der Waals surface area contributed by atoms with Crippen molar-refractivity contribution in [2.45, 2.75) is 19.9 Å². The maximum atomic E-state index is 5.55. The fraction of sp³-hybridized carbons (Fsp3) is 0.600. The van der Waals surface area contributed by atoms with Gasteiger partial charge in [0.05, 0.1) is 0 Å². The van der Waals surface area contributed by atoms with Gasteiger partial charge < -0.3 is 16.4 Å². The van der Waals surface area contributed by atoms with Gasteiger partial charge in [-0.25, -0.2) is 0 Å². The van der Waals surface area contributed by atoms with E-state index in [1.165, 1.54) is 5.57 Å². The van der Waals surface area contributed by atoms with Crippen molar-refractivity contribution in [1.82, 2.24) is 10.6 Å². The van der Waals surface area contributed by atoms with Crippen molar-refractivity contribution >= 4 is 0 Å². The Bertz CT molecular complexity index is 169. The summed E-state index contributed by atoms with van der Waals surface area (Å²) in [6, 6.07) is 0.277. The molecule has 1 aliphatic rings. The molecule has 1 heterocycles. The molecule has 76 valence electrons. The molecule has 0 bridgehead atoms. The Balaban J connectivity index is 0.000000671. The fourth-order valence-corrected chi connectivity index (χ4v) is 1.13. The number of rotatable bonds is 3. The molecule has 1 atom stereocenters. The number of nitrogens with one attached hydrogen (secondary N) is 2. The lowest BCUT2D eigenvalue weighted by molar-refractivity contribution is 0.647. The predicted molar refractivity (Wildman–Crippen MR) is 58.5 cm³/mol. The molecule has 1 aliphatic heterocycles. The summed E-state index contributed by atoms with van der Waals surface area (Å²) in [5.41, 5.74) is 6.77. The molecular weight excluding hydrogens is 162 g/mol. The summed E-state index contributed by atoms with van der Waals surface area (Å²) in [6.07, 6.45) is 6.20. The Labute approximate surface area is 81.1 Å². The van der Waals surface area contributed by atoms with Crippen LogP contribution >= 0.6 is 0 Å². The van der Waals surface area contributed by atoms with E-state index >= 15 is 0 Å². The molecule has 1 rings (SSSR count). The van der Waals surface area contributed by atoms with Crippen LogP contribution < -0.4 is 16.4 Å². The minimum atomic E-state index is 0.277. The van der Waals surface area contributed by atoms with Crippen molar-refractivity contribution in [2.24, 2.45) is 5.73 Å². The van der Waals surface area contributed by atoms with Gasteiger partial charge in [-0.2, -0.15) is 0 Å². The molecule has 4 N–H and O–H groups in total. The second-order valence-corrected chi connectivity index (χ2v) is 2.53. The van der Waals surface area contributed by atoms with E-state index in [0.717, 1.165) is 6.54 Å². The Morgan fingerprint density at radius 2 is 2.31 bits per heavy atom. The molecular formula is C10H21N3. The quantitative estimate of drug-likeness (QED) is 0.600. The minimum Gasteiger partial charge on any atom is -0.387 e. The summed E-state index contributed by atoms with van der Waals surface area (Å²) < 4.78 is 0. The normalized spacial score (nSPS) is 16.5. The standard InChI is InChI=1S/C8H15N3.C2H6/c1-10-8(5-9)7-3-2-4-11-6-7;1-2/h2-3,6,8,10-11H,4-5,9H2,1H3;1-2H3. The van der Waals surface area contributed by atoms with Crippen LogP contribution in [0.5, 0.6) is 0 Å². The van der Waals surface area contributed by atoms with Gasteiger partial charge in [0.2, 0.25) is 0 Å². The summed E-state index contributed by atoms with van der Waals surface area (Å²) in [5.74, 6) is 0. The third-order valence-corrected chi connectivity index (χ3v) is 1.80. The minimum absolute atomic E-state index is 0.277.